The number of hydrogen-bond donors (Lipinski definition) is 2. The van der Waals surface area contributed by atoms with Crippen LogP contribution in [0.3, 0.4) is 0 Å². The molecule has 1 aromatic rings. The molecule has 3 rings (SSSR count). The topological polar surface area (TPSA) is 74.8 Å². The third-order valence-corrected chi connectivity index (χ3v) is 4.90. The molecule has 0 saturated carbocycles. The summed E-state index contributed by atoms with van der Waals surface area (Å²) < 4.78 is 23.3. The molecule has 3 heterocycles. The minimum atomic E-state index is -2.93. The fourth-order valence-electron chi connectivity index (χ4n) is 2.42. The number of fused-ring (bicyclic) bond motifs is 1. The minimum absolute atomic E-state index is 0.138. The maximum Gasteiger partial charge on any atom is 0.154 e. The van der Waals surface area contributed by atoms with E-state index in [0.29, 0.717) is 6.42 Å². The molecule has 2 aliphatic rings. The van der Waals surface area contributed by atoms with Gasteiger partial charge in [-0.1, -0.05) is 6.08 Å². The molecule has 2 N–H and O–H groups in total. The van der Waals surface area contributed by atoms with Crippen molar-refractivity contribution in [3.8, 4) is 0 Å². The lowest BCUT2D eigenvalue weighted by molar-refractivity contribution is 0.591. The van der Waals surface area contributed by atoms with Gasteiger partial charge in [0.1, 0.15) is 0 Å². The van der Waals surface area contributed by atoms with E-state index >= 15 is 0 Å². The molecular weight excluding hydrogens is 238 g/mol. The molecule has 0 bridgehead atoms. The van der Waals surface area contributed by atoms with Crippen LogP contribution in [0, 0.1) is 0 Å². The fourth-order valence-corrected chi connectivity index (χ4v) is 3.83. The molecule has 1 aromatic heterocycles. The van der Waals surface area contributed by atoms with Crippen molar-refractivity contribution in [3.05, 3.63) is 23.0 Å². The maximum atomic E-state index is 11.7. The summed E-state index contributed by atoms with van der Waals surface area (Å²) in [4.78, 5) is 0. The van der Waals surface area contributed by atoms with Crippen molar-refractivity contribution in [1.82, 2.24) is 15.5 Å². The smallest absolute Gasteiger partial charge is 0.154 e. The molecule has 0 amide bonds. The van der Waals surface area contributed by atoms with Crippen LogP contribution in [-0.2, 0) is 22.0 Å². The van der Waals surface area contributed by atoms with E-state index in [1.54, 1.807) is 0 Å². The van der Waals surface area contributed by atoms with Crippen molar-refractivity contribution >= 4 is 15.4 Å². The number of H-pyrrole nitrogens is 1. The predicted molar refractivity (Wildman–Crippen MR) is 65.2 cm³/mol. The van der Waals surface area contributed by atoms with Gasteiger partial charge < -0.3 is 5.32 Å². The molecule has 0 radical (unpaired) electrons. The molecule has 92 valence electrons. The van der Waals surface area contributed by atoms with Crippen LogP contribution in [-0.4, -0.2) is 37.5 Å². The third-order valence-electron chi connectivity index (χ3n) is 3.35. The molecule has 0 fully saturated rings. The number of nitrogens with zero attached hydrogens (tertiary/aromatic N) is 1. The Morgan fingerprint density at radius 2 is 2.18 bits per heavy atom. The van der Waals surface area contributed by atoms with E-state index in [9.17, 15) is 8.42 Å². The van der Waals surface area contributed by atoms with E-state index in [-0.39, 0.29) is 11.5 Å². The quantitative estimate of drug-likeness (QED) is 0.752. The first-order chi connectivity index (χ1) is 8.16. The lowest BCUT2D eigenvalue weighted by Crippen LogP contribution is -2.22. The molecule has 0 spiro atoms. The number of rotatable bonds is 1. The van der Waals surface area contributed by atoms with Gasteiger partial charge in [-0.15, -0.1) is 0 Å². The van der Waals surface area contributed by atoms with Crippen LogP contribution < -0.4 is 5.32 Å². The van der Waals surface area contributed by atoms with Crippen molar-refractivity contribution in [3.63, 3.8) is 0 Å². The van der Waals surface area contributed by atoms with Gasteiger partial charge in [-0.05, 0) is 18.5 Å². The largest absolute Gasteiger partial charge is 0.313 e. The molecule has 5 nitrogen and oxygen atoms in total. The average Bonchev–Trinajstić information content (AvgIpc) is 2.71. The predicted octanol–water partition coefficient (Wildman–Crippen LogP) is 0.257. The summed E-state index contributed by atoms with van der Waals surface area (Å²) in [6.45, 7) is 1.77. The van der Waals surface area contributed by atoms with E-state index in [4.69, 9.17) is 0 Å². The average molecular weight is 253 g/mol. The summed E-state index contributed by atoms with van der Waals surface area (Å²) in [5.74, 6) is 0.376. The van der Waals surface area contributed by atoms with Gasteiger partial charge in [-0.25, -0.2) is 8.42 Å². The second-order valence-electron chi connectivity index (χ2n) is 4.55. The number of nitrogens with one attached hydrogen (secondary N) is 2. The Morgan fingerprint density at radius 3 is 2.94 bits per heavy atom. The Labute approximate surface area is 100 Å². The van der Waals surface area contributed by atoms with Gasteiger partial charge in [0, 0.05) is 24.2 Å². The van der Waals surface area contributed by atoms with Gasteiger partial charge in [0.2, 0.25) is 0 Å². The second kappa shape index (κ2) is 3.96. The summed E-state index contributed by atoms with van der Waals surface area (Å²) in [5, 5.41) is 10.5. The van der Waals surface area contributed by atoms with Crippen molar-refractivity contribution in [2.45, 2.75) is 18.6 Å². The summed E-state index contributed by atoms with van der Waals surface area (Å²) in [5.41, 5.74) is 3.92. The molecule has 17 heavy (non-hydrogen) atoms. The Balaban J connectivity index is 2.03. The van der Waals surface area contributed by atoms with Crippen molar-refractivity contribution < 1.29 is 8.42 Å². The van der Waals surface area contributed by atoms with Gasteiger partial charge in [-0.3, -0.25) is 5.10 Å². The first-order valence-electron chi connectivity index (χ1n) is 5.82. The molecule has 0 atom stereocenters. The maximum absolute atomic E-state index is 11.7. The Bertz CT molecular complexity index is 572. The second-order valence-corrected chi connectivity index (χ2v) is 6.74. The van der Waals surface area contributed by atoms with E-state index < -0.39 is 9.84 Å². The van der Waals surface area contributed by atoms with E-state index in [0.717, 1.165) is 36.5 Å². The van der Waals surface area contributed by atoms with Gasteiger partial charge in [0.25, 0.3) is 0 Å². The van der Waals surface area contributed by atoms with Crippen molar-refractivity contribution in [1.29, 1.82) is 0 Å². The Morgan fingerprint density at radius 1 is 1.29 bits per heavy atom. The third kappa shape index (κ3) is 2.02. The molecule has 0 aromatic carbocycles. The number of aryl methyl sites for hydroxylation is 1. The highest BCUT2D eigenvalue weighted by atomic mass is 32.2. The molecule has 0 unspecified atom stereocenters. The highest BCUT2D eigenvalue weighted by Gasteiger charge is 2.27. The summed E-state index contributed by atoms with van der Waals surface area (Å²) in [6, 6.07) is 0. The van der Waals surface area contributed by atoms with Gasteiger partial charge in [0.05, 0.1) is 17.2 Å². The first-order valence-corrected chi connectivity index (χ1v) is 7.64. The Kier molecular flexibility index (Phi) is 2.56. The van der Waals surface area contributed by atoms with Gasteiger partial charge >= 0.3 is 0 Å². The zero-order valence-corrected chi connectivity index (χ0v) is 10.3. The number of aromatic amines is 1. The lowest BCUT2D eigenvalue weighted by Gasteiger charge is -2.16. The van der Waals surface area contributed by atoms with Gasteiger partial charge in [0.15, 0.2) is 9.84 Å². The number of aromatic nitrogens is 2. The van der Waals surface area contributed by atoms with Crippen molar-refractivity contribution in [2.24, 2.45) is 0 Å². The standard InChI is InChI=1S/C11H15N3O2S/c15-17(16)6-3-10-9(7-17)11(14-13-10)8-1-4-12-5-2-8/h1,12H,2-7H2,(H,13,14). The molecule has 0 saturated heterocycles. The van der Waals surface area contributed by atoms with Crippen LogP contribution in [0.1, 0.15) is 23.4 Å². The zero-order chi connectivity index (χ0) is 11.9. The normalized spacial score (nSPS) is 22.9. The van der Waals surface area contributed by atoms with Crippen LogP contribution in [0.15, 0.2) is 6.08 Å². The van der Waals surface area contributed by atoms with Crippen LogP contribution >= 0.6 is 0 Å². The molecular formula is C11H15N3O2S. The monoisotopic (exact) mass is 253 g/mol. The zero-order valence-electron chi connectivity index (χ0n) is 9.49. The fraction of sp³-hybridized carbons (Fsp3) is 0.545. The van der Waals surface area contributed by atoms with Crippen LogP contribution in [0.2, 0.25) is 0 Å². The Hall–Kier alpha value is -1.14. The van der Waals surface area contributed by atoms with Crippen LogP contribution in [0.25, 0.3) is 5.57 Å². The highest BCUT2D eigenvalue weighted by molar-refractivity contribution is 7.90. The van der Waals surface area contributed by atoms with Gasteiger partial charge in [-0.2, -0.15) is 5.10 Å². The summed E-state index contributed by atoms with van der Waals surface area (Å²) in [6.07, 6.45) is 3.58. The minimum Gasteiger partial charge on any atom is -0.313 e. The summed E-state index contributed by atoms with van der Waals surface area (Å²) >= 11 is 0. The highest BCUT2D eigenvalue weighted by Crippen LogP contribution is 2.28. The lowest BCUT2D eigenvalue weighted by atomic mass is 10.0. The SMILES string of the molecule is O=S1(=O)CCc2[nH]nc(C3=CCNCC3)c2C1. The molecule has 2 aliphatic heterocycles. The van der Waals surface area contributed by atoms with Crippen LogP contribution in [0.4, 0.5) is 0 Å². The van der Waals surface area contributed by atoms with Crippen LogP contribution in [0.5, 0.6) is 0 Å². The van der Waals surface area contributed by atoms with E-state index in [2.05, 4.69) is 21.6 Å². The molecule has 0 aliphatic carbocycles. The van der Waals surface area contributed by atoms with E-state index in [1.807, 2.05) is 0 Å². The number of sulfone groups is 1. The number of hydrogen-bond acceptors (Lipinski definition) is 4. The molecule has 6 heteroatoms. The van der Waals surface area contributed by atoms with E-state index in [1.165, 1.54) is 5.57 Å². The first kappa shape index (κ1) is 11.0. The van der Waals surface area contributed by atoms with Crippen molar-refractivity contribution in [2.75, 3.05) is 18.8 Å². The summed E-state index contributed by atoms with van der Waals surface area (Å²) in [7, 11) is -2.93.